The number of aliphatic carboxylic acids is 1. The van der Waals surface area contributed by atoms with E-state index in [2.05, 4.69) is 29.3 Å². The van der Waals surface area contributed by atoms with E-state index in [-0.39, 0.29) is 18.4 Å². The topological polar surface area (TPSA) is 105 Å². The van der Waals surface area contributed by atoms with E-state index in [1.165, 1.54) is 0 Å². The highest BCUT2D eigenvalue weighted by atomic mass is 16.5. The van der Waals surface area contributed by atoms with Gasteiger partial charge in [0.25, 0.3) is 0 Å². The number of carboxylic acids is 1. The number of carboxylic acid groups (broad SMARTS) is 1. The number of rotatable bonds is 9. The van der Waals surface area contributed by atoms with E-state index >= 15 is 0 Å². The molecule has 0 fully saturated rings. The Bertz CT molecular complexity index is 1100. The van der Waals surface area contributed by atoms with E-state index in [1.54, 1.807) is 18.2 Å². The molecule has 0 radical (unpaired) electrons. The van der Waals surface area contributed by atoms with Crippen LogP contribution in [0.25, 0.3) is 11.1 Å². The average Bonchev–Trinajstić information content (AvgIpc) is 3.19. The molecule has 0 bridgehead atoms. The summed E-state index contributed by atoms with van der Waals surface area (Å²) in [5.74, 6) is -1.87. The van der Waals surface area contributed by atoms with Crippen LogP contribution in [0, 0.1) is 5.92 Å². The quantitative estimate of drug-likeness (QED) is 0.468. The average molecular weight is 475 g/mol. The third-order valence-electron chi connectivity index (χ3n) is 6.62. The second-order valence-corrected chi connectivity index (χ2v) is 8.94. The summed E-state index contributed by atoms with van der Waals surface area (Å²) >= 11 is 0. The smallest absolute Gasteiger partial charge is 0.407 e. The zero-order chi connectivity index (χ0) is 24.8. The first kappa shape index (κ1) is 24.3. The Morgan fingerprint density at radius 2 is 1.74 bits per heavy atom. The van der Waals surface area contributed by atoms with Gasteiger partial charge in [0.2, 0.25) is 5.91 Å². The molecule has 0 aliphatic heterocycles. The number of hydrogen-bond donors (Lipinski definition) is 3. The molecule has 0 saturated carbocycles. The maximum Gasteiger partial charge on any atom is 0.407 e. The molecule has 2 aliphatic rings. The first-order chi connectivity index (χ1) is 17.0. The van der Waals surface area contributed by atoms with Crippen LogP contribution in [0.5, 0.6) is 0 Å². The zero-order valence-corrected chi connectivity index (χ0v) is 19.5. The van der Waals surface area contributed by atoms with Gasteiger partial charge in [0, 0.05) is 12.0 Å². The van der Waals surface area contributed by atoms with Crippen LogP contribution in [0.15, 0.2) is 73.3 Å². The Balaban J connectivity index is 1.38. The van der Waals surface area contributed by atoms with Gasteiger partial charge in [-0.3, -0.25) is 9.59 Å². The number of allylic oxidation sites excluding steroid dienone is 2. The van der Waals surface area contributed by atoms with Crippen molar-refractivity contribution in [3.05, 3.63) is 84.5 Å². The van der Waals surface area contributed by atoms with Crippen LogP contribution < -0.4 is 10.6 Å². The first-order valence-electron chi connectivity index (χ1n) is 11.9. The summed E-state index contributed by atoms with van der Waals surface area (Å²) in [4.78, 5) is 36.9. The minimum absolute atomic E-state index is 0.0751. The van der Waals surface area contributed by atoms with Crippen molar-refractivity contribution in [3.8, 4) is 11.1 Å². The lowest BCUT2D eigenvalue weighted by Gasteiger charge is -2.25. The van der Waals surface area contributed by atoms with Crippen molar-refractivity contribution in [3.63, 3.8) is 0 Å². The molecule has 3 atom stereocenters. The third kappa shape index (κ3) is 5.62. The van der Waals surface area contributed by atoms with Gasteiger partial charge in [-0.15, -0.1) is 6.58 Å². The molecule has 3 N–H and O–H groups in total. The molecule has 182 valence electrons. The van der Waals surface area contributed by atoms with Crippen LogP contribution in [0.3, 0.4) is 0 Å². The summed E-state index contributed by atoms with van der Waals surface area (Å²) in [5.41, 5.74) is 4.50. The standard InChI is InChI=1S/C28H30N2O5/c1-2-3-15-25(26(31)29-19-10-8-9-18(16-19)27(32)33)30-28(34)35-17-24-22-13-6-4-11-20(22)21-12-5-7-14-23(21)24/h2,4-8,10-14,18-19,24-25H,1,3,9,15-17H2,(H,29,31)(H,30,34)(H,32,33). The van der Waals surface area contributed by atoms with Crippen LogP contribution in [0.2, 0.25) is 0 Å². The van der Waals surface area contributed by atoms with Crippen LogP contribution in [0.4, 0.5) is 4.79 Å². The minimum Gasteiger partial charge on any atom is -0.481 e. The molecule has 0 aromatic heterocycles. The maximum absolute atomic E-state index is 12.9. The predicted molar refractivity (Wildman–Crippen MR) is 133 cm³/mol. The lowest BCUT2D eigenvalue weighted by molar-refractivity contribution is -0.142. The van der Waals surface area contributed by atoms with Crippen molar-refractivity contribution in [2.24, 2.45) is 5.92 Å². The van der Waals surface area contributed by atoms with E-state index in [9.17, 15) is 19.5 Å². The Morgan fingerprint density at radius 3 is 2.37 bits per heavy atom. The largest absolute Gasteiger partial charge is 0.481 e. The summed E-state index contributed by atoms with van der Waals surface area (Å²) in [7, 11) is 0. The summed E-state index contributed by atoms with van der Waals surface area (Å²) in [5, 5.41) is 14.8. The molecule has 0 heterocycles. The molecule has 2 aromatic carbocycles. The Morgan fingerprint density at radius 1 is 1.09 bits per heavy atom. The summed E-state index contributed by atoms with van der Waals surface area (Å²) in [6, 6.07) is 15.0. The van der Waals surface area contributed by atoms with Gasteiger partial charge in [0.1, 0.15) is 12.6 Å². The van der Waals surface area contributed by atoms with Crippen molar-refractivity contribution < 1.29 is 24.2 Å². The first-order valence-corrected chi connectivity index (χ1v) is 11.9. The van der Waals surface area contributed by atoms with E-state index in [1.807, 2.05) is 36.4 Å². The second kappa shape index (κ2) is 11.0. The number of alkyl carbamates (subject to hydrolysis) is 1. The molecule has 35 heavy (non-hydrogen) atoms. The maximum atomic E-state index is 12.9. The number of carbonyl (C=O) groups is 3. The highest BCUT2D eigenvalue weighted by Gasteiger charge is 2.30. The van der Waals surface area contributed by atoms with Gasteiger partial charge in [-0.1, -0.05) is 66.8 Å². The van der Waals surface area contributed by atoms with Gasteiger partial charge < -0.3 is 20.5 Å². The zero-order valence-electron chi connectivity index (χ0n) is 19.5. The summed E-state index contributed by atoms with van der Waals surface area (Å²) < 4.78 is 5.59. The van der Waals surface area contributed by atoms with Crippen molar-refractivity contribution in [2.75, 3.05) is 6.61 Å². The highest BCUT2D eigenvalue weighted by Crippen LogP contribution is 2.44. The highest BCUT2D eigenvalue weighted by molar-refractivity contribution is 5.86. The fourth-order valence-electron chi connectivity index (χ4n) is 4.82. The Hall–Kier alpha value is -3.87. The molecule has 4 rings (SSSR count). The van der Waals surface area contributed by atoms with Crippen LogP contribution in [-0.4, -0.2) is 41.8 Å². The molecule has 0 spiro atoms. The van der Waals surface area contributed by atoms with Gasteiger partial charge in [0.15, 0.2) is 0 Å². The number of fused-ring (bicyclic) bond motifs is 3. The van der Waals surface area contributed by atoms with Crippen molar-refractivity contribution in [1.82, 2.24) is 10.6 Å². The molecule has 7 nitrogen and oxygen atoms in total. The third-order valence-corrected chi connectivity index (χ3v) is 6.62. The molecular formula is C28H30N2O5. The van der Waals surface area contributed by atoms with Crippen molar-refractivity contribution >= 4 is 18.0 Å². The van der Waals surface area contributed by atoms with Crippen molar-refractivity contribution in [2.45, 2.75) is 43.7 Å². The van der Waals surface area contributed by atoms with E-state index < -0.39 is 30.1 Å². The number of hydrogen-bond acceptors (Lipinski definition) is 4. The fraction of sp³-hybridized carbons (Fsp3) is 0.321. The fourth-order valence-corrected chi connectivity index (χ4v) is 4.82. The van der Waals surface area contributed by atoms with E-state index in [0.717, 1.165) is 22.3 Å². The number of nitrogens with one attached hydrogen (secondary N) is 2. The van der Waals surface area contributed by atoms with Gasteiger partial charge in [-0.2, -0.15) is 0 Å². The van der Waals surface area contributed by atoms with Gasteiger partial charge in [0.05, 0.1) is 5.92 Å². The SMILES string of the molecule is C=CCCC(NC(=O)OCC1c2ccccc2-c2ccccc21)C(=O)NC1C=CCC(C(=O)O)C1. The molecular weight excluding hydrogens is 444 g/mol. The normalized spacial score (nSPS) is 19.2. The number of carbonyl (C=O) groups excluding carboxylic acids is 2. The van der Waals surface area contributed by atoms with Gasteiger partial charge in [-0.05, 0) is 47.9 Å². The predicted octanol–water partition coefficient (Wildman–Crippen LogP) is 4.40. The number of amides is 2. The minimum atomic E-state index is -0.881. The van der Waals surface area contributed by atoms with Crippen LogP contribution in [0.1, 0.15) is 42.7 Å². The van der Waals surface area contributed by atoms with Crippen LogP contribution in [-0.2, 0) is 14.3 Å². The molecule has 0 saturated heterocycles. The lowest BCUT2D eigenvalue weighted by atomic mass is 9.91. The molecule has 2 aliphatic carbocycles. The number of ether oxygens (including phenoxy) is 1. The van der Waals surface area contributed by atoms with Crippen molar-refractivity contribution in [1.29, 1.82) is 0 Å². The van der Waals surface area contributed by atoms with E-state index in [4.69, 9.17) is 4.74 Å². The number of benzene rings is 2. The molecule has 7 heteroatoms. The lowest BCUT2D eigenvalue weighted by Crippen LogP contribution is -2.50. The molecule has 3 unspecified atom stereocenters. The Kier molecular flexibility index (Phi) is 7.65. The molecule has 2 aromatic rings. The van der Waals surface area contributed by atoms with Crippen LogP contribution >= 0.6 is 0 Å². The second-order valence-electron chi connectivity index (χ2n) is 8.94. The molecule has 2 amide bonds. The Labute approximate surface area is 204 Å². The monoisotopic (exact) mass is 474 g/mol. The summed E-state index contributed by atoms with van der Waals surface area (Å²) in [6.07, 6.45) is 6.23. The summed E-state index contributed by atoms with van der Waals surface area (Å²) in [6.45, 7) is 3.85. The van der Waals surface area contributed by atoms with E-state index in [0.29, 0.717) is 25.7 Å². The van der Waals surface area contributed by atoms with Gasteiger partial charge in [-0.25, -0.2) is 4.79 Å². The van der Waals surface area contributed by atoms with Gasteiger partial charge >= 0.3 is 12.1 Å².